The number of nitrogens with one attached hydrogen (secondary N) is 2. The van der Waals surface area contributed by atoms with Crippen molar-refractivity contribution in [3.63, 3.8) is 0 Å². The molecule has 0 spiro atoms. The summed E-state index contributed by atoms with van der Waals surface area (Å²) in [6, 6.07) is 0. The molecule has 0 amide bonds. The molecule has 0 atom stereocenters. The molecule has 1 heterocycles. The first-order valence-electron chi connectivity index (χ1n) is 4.13. The summed E-state index contributed by atoms with van der Waals surface area (Å²) < 4.78 is 26.7. The second kappa shape index (κ2) is 5.08. The number of halogens is 1. The molecule has 2 N–H and O–H groups in total. The van der Waals surface area contributed by atoms with Gasteiger partial charge in [-0.2, -0.15) is 5.10 Å². The van der Waals surface area contributed by atoms with Crippen LogP contribution in [0.25, 0.3) is 0 Å². The highest BCUT2D eigenvalue weighted by molar-refractivity contribution is 14.1. The molecule has 0 fully saturated rings. The predicted octanol–water partition coefficient (Wildman–Crippen LogP) is 0.822. The lowest BCUT2D eigenvalue weighted by Gasteiger charge is -2.03. The van der Waals surface area contributed by atoms with Gasteiger partial charge in [-0.15, -0.1) is 0 Å². The smallest absolute Gasteiger partial charge is 0.243 e. The lowest BCUT2D eigenvalue weighted by Crippen LogP contribution is -2.25. The average molecular weight is 329 g/mol. The summed E-state index contributed by atoms with van der Waals surface area (Å²) in [6.07, 6.45) is 2.15. The molecule has 0 radical (unpaired) electrons. The van der Waals surface area contributed by atoms with Gasteiger partial charge in [-0.3, -0.25) is 5.10 Å². The molecule has 1 aromatic rings. The van der Waals surface area contributed by atoms with Gasteiger partial charge in [0.2, 0.25) is 10.0 Å². The van der Waals surface area contributed by atoms with E-state index in [1.807, 2.05) is 0 Å². The van der Waals surface area contributed by atoms with Crippen molar-refractivity contribution >= 4 is 32.6 Å². The van der Waals surface area contributed by atoms with E-state index in [-0.39, 0.29) is 4.90 Å². The fraction of sp³-hybridized carbons (Fsp3) is 0.571. The summed E-state index contributed by atoms with van der Waals surface area (Å²) in [6.45, 7) is 2.15. The number of hydrogen-bond donors (Lipinski definition) is 2. The minimum atomic E-state index is -3.37. The maximum Gasteiger partial charge on any atom is 0.243 e. The van der Waals surface area contributed by atoms with Crippen LogP contribution in [0, 0.1) is 6.92 Å². The first-order chi connectivity index (χ1) is 6.58. The van der Waals surface area contributed by atoms with Gasteiger partial charge in [-0.1, -0.05) is 22.6 Å². The van der Waals surface area contributed by atoms with Crippen molar-refractivity contribution in [1.82, 2.24) is 14.9 Å². The van der Waals surface area contributed by atoms with Crippen LogP contribution >= 0.6 is 22.6 Å². The van der Waals surface area contributed by atoms with Gasteiger partial charge in [0.25, 0.3) is 0 Å². The summed E-state index contributed by atoms with van der Waals surface area (Å²) in [4.78, 5) is 0.228. The van der Waals surface area contributed by atoms with Crippen LogP contribution in [-0.2, 0) is 10.0 Å². The van der Waals surface area contributed by atoms with E-state index in [0.717, 1.165) is 10.8 Å². The van der Waals surface area contributed by atoms with Crippen LogP contribution in [0.3, 0.4) is 0 Å². The van der Waals surface area contributed by atoms with E-state index in [2.05, 4.69) is 37.5 Å². The normalized spacial score (nSPS) is 11.9. The number of H-pyrrole nitrogens is 1. The number of sulfonamides is 1. The first kappa shape index (κ1) is 11.9. The Hall–Kier alpha value is -0.150. The zero-order valence-corrected chi connectivity index (χ0v) is 10.7. The fourth-order valence-electron chi connectivity index (χ4n) is 0.962. The summed E-state index contributed by atoms with van der Waals surface area (Å²) in [5, 5.41) is 6.27. The lowest BCUT2D eigenvalue weighted by atomic mass is 10.5. The van der Waals surface area contributed by atoms with Gasteiger partial charge < -0.3 is 0 Å². The van der Waals surface area contributed by atoms with Gasteiger partial charge in [0.05, 0.1) is 11.9 Å². The Morgan fingerprint density at radius 2 is 2.36 bits per heavy atom. The molecule has 1 rings (SSSR count). The Labute approximate surface area is 96.9 Å². The Kier molecular flexibility index (Phi) is 4.32. The minimum absolute atomic E-state index is 0.228. The van der Waals surface area contributed by atoms with Crippen LogP contribution < -0.4 is 4.72 Å². The molecule has 80 valence electrons. The van der Waals surface area contributed by atoms with E-state index in [9.17, 15) is 8.42 Å². The Morgan fingerprint density at radius 1 is 1.64 bits per heavy atom. The molecule has 0 aliphatic rings. The van der Waals surface area contributed by atoms with Gasteiger partial charge in [-0.25, -0.2) is 13.1 Å². The molecule has 0 aromatic carbocycles. The highest BCUT2D eigenvalue weighted by atomic mass is 127. The summed E-state index contributed by atoms with van der Waals surface area (Å²) in [5.74, 6) is 0. The maximum absolute atomic E-state index is 11.6. The quantitative estimate of drug-likeness (QED) is 0.477. The van der Waals surface area contributed by atoms with Gasteiger partial charge in [0.15, 0.2) is 0 Å². The zero-order chi connectivity index (χ0) is 10.6. The van der Waals surface area contributed by atoms with Crippen LogP contribution in [0.4, 0.5) is 0 Å². The highest BCUT2D eigenvalue weighted by Crippen LogP contribution is 2.10. The third-order valence-electron chi connectivity index (χ3n) is 1.68. The van der Waals surface area contributed by atoms with Crippen LogP contribution in [-0.4, -0.2) is 29.6 Å². The van der Waals surface area contributed by atoms with Crippen LogP contribution in [0.1, 0.15) is 12.1 Å². The number of alkyl halides is 1. The third-order valence-corrected chi connectivity index (χ3v) is 4.01. The summed E-state index contributed by atoms with van der Waals surface area (Å²) in [5.41, 5.74) is 0.562. The van der Waals surface area contributed by atoms with Crippen molar-refractivity contribution in [2.45, 2.75) is 18.2 Å². The molecule has 0 saturated heterocycles. The number of nitrogens with zero attached hydrogens (tertiary/aromatic N) is 1. The molecule has 0 unspecified atom stereocenters. The van der Waals surface area contributed by atoms with Gasteiger partial charge in [0.1, 0.15) is 4.90 Å². The summed E-state index contributed by atoms with van der Waals surface area (Å²) in [7, 11) is -3.37. The van der Waals surface area contributed by atoms with Crippen LogP contribution in [0.15, 0.2) is 11.1 Å². The highest BCUT2D eigenvalue weighted by Gasteiger charge is 2.17. The molecule has 5 nitrogen and oxygen atoms in total. The molecule has 14 heavy (non-hydrogen) atoms. The topological polar surface area (TPSA) is 74.8 Å². The fourth-order valence-corrected chi connectivity index (χ4v) is 2.55. The van der Waals surface area contributed by atoms with Crippen molar-refractivity contribution in [1.29, 1.82) is 0 Å². The standard InChI is InChI=1S/C7H12IN3O2S/c1-6-7(5-9-11-6)14(12,13)10-4-2-3-8/h5,10H,2-4H2,1H3,(H,9,11). The lowest BCUT2D eigenvalue weighted by molar-refractivity contribution is 0.580. The minimum Gasteiger partial charge on any atom is -0.281 e. The number of aryl methyl sites for hydroxylation is 1. The second-order valence-electron chi connectivity index (χ2n) is 2.80. The van der Waals surface area contributed by atoms with E-state index in [0.29, 0.717) is 12.2 Å². The maximum atomic E-state index is 11.6. The molecule has 7 heteroatoms. The van der Waals surface area contributed by atoms with E-state index in [1.54, 1.807) is 6.92 Å². The molecule has 0 bridgehead atoms. The second-order valence-corrected chi connectivity index (χ2v) is 5.61. The molecule has 1 aromatic heterocycles. The van der Waals surface area contributed by atoms with E-state index >= 15 is 0 Å². The largest absolute Gasteiger partial charge is 0.281 e. The van der Waals surface area contributed by atoms with Crippen molar-refractivity contribution < 1.29 is 8.42 Å². The van der Waals surface area contributed by atoms with Gasteiger partial charge >= 0.3 is 0 Å². The number of rotatable bonds is 5. The molecular formula is C7H12IN3O2S. The monoisotopic (exact) mass is 329 g/mol. The zero-order valence-electron chi connectivity index (χ0n) is 7.75. The SMILES string of the molecule is Cc1[nH]ncc1S(=O)(=O)NCCCI. The van der Waals surface area contributed by atoms with Crippen molar-refractivity contribution in [2.24, 2.45) is 0 Å². The Bertz CT molecular complexity index is 387. The van der Waals surface area contributed by atoms with Crippen molar-refractivity contribution in [3.05, 3.63) is 11.9 Å². The molecule has 0 aliphatic carbocycles. The predicted molar refractivity (Wildman–Crippen MR) is 62.0 cm³/mol. The number of hydrogen-bond acceptors (Lipinski definition) is 3. The van der Waals surface area contributed by atoms with Gasteiger partial charge in [-0.05, 0) is 13.3 Å². The van der Waals surface area contributed by atoms with E-state index in [1.165, 1.54) is 6.20 Å². The van der Waals surface area contributed by atoms with Gasteiger partial charge in [0, 0.05) is 11.0 Å². The number of aromatic amines is 1. The van der Waals surface area contributed by atoms with E-state index < -0.39 is 10.0 Å². The number of aromatic nitrogens is 2. The van der Waals surface area contributed by atoms with Crippen LogP contribution in [0.2, 0.25) is 0 Å². The van der Waals surface area contributed by atoms with E-state index in [4.69, 9.17) is 0 Å². The molecule has 0 aliphatic heterocycles. The Balaban J connectivity index is 2.72. The van der Waals surface area contributed by atoms with Crippen molar-refractivity contribution in [2.75, 3.05) is 11.0 Å². The molecule has 0 saturated carbocycles. The third kappa shape index (κ3) is 2.92. The summed E-state index contributed by atoms with van der Waals surface area (Å²) >= 11 is 2.21. The average Bonchev–Trinajstić information content (AvgIpc) is 2.52. The molecular weight excluding hydrogens is 317 g/mol. The Morgan fingerprint density at radius 3 is 2.86 bits per heavy atom. The van der Waals surface area contributed by atoms with Crippen molar-refractivity contribution in [3.8, 4) is 0 Å². The van der Waals surface area contributed by atoms with Crippen LogP contribution in [0.5, 0.6) is 0 Å². The first-order valence-corrected chi connectivity index (χ1v) is 7.14.